The first-order valence-corrected chi connectivity index (χ1v) is 7.22. The topological polar surface area (TPSA) is 29.3 Å². The molecule has 1 aliphatic heterocycles. The van der Waals surface area contributed by atoms with Crippen LogP contribution in [0.4, 0.5) is 0 Å². The van der Waals surface area contributed by atoms with Crippen molar-refractivity contribution < 1.29 is 0 Å². The van der Waals surface area contributed by atoms with E-state index in [-0.39, 0.29) is 6.04 Å². The molecule has 0 spiro atoms. The van der Waals surface area contributed by atoms with Gasteiger partial charge in [-0.1, -0.05) is 31.2 Å². The van der Waals surface area contributed by atoms with Crippen LogP contribution in [-0.4, -0.2) is 23.5 Å². The summed E-state index contributed by atoms with van der Waals surface area (Å²) in [6, 6.07) is 9.95. The lowest BCUT2D eigenvalue weighted by molar-refractivity contribution is 0.156. The van der Waals surface area contributed by atoms with Crippen LogP contribution in [0.15, 0.2) is 24.3 Å². The first-order chi connectivity index (χ1) is 8.65. The molecule has 0 aliphatic carbocycles. The summed E-state index contributed by atoms with van der Waals surface area (Å²) in [4.78, 5) is 2.63. The van der Waals surface area contributed by atoms with Crippen molar-refractivity contribution in [2.24, 2.45) is 5.73 Å². The third kappa shape index (κ3) is 2.60. The Morgan fingerprint density at radius 2 is 2.11 bits per heavy atom. The Kier molecular flexibility index (Phi) is 4.41. The van der Waals surface area contributed by atoms with Crippen LogP contribution in [0, 0.1) is 6.92 Å². The van der Waals surface area contributed by atoms with Gasteiger partial charge >= 0.3 is 0 Å². The van der Waals surface area contributed by atoms with E-state index in [2.05, 4.69) is 49.9 Å². The fourth-order valence-corrected chi connectivity index (χ4v) is 3.35. The van der Waals surface area contributed by atoms with Crippen molar-refractivity contribution in [1.29, 1.82) is 0 Å². The number of hydrogen-bond acceptors (Lipinski definition) is 2. The predicted molar refractivity (Wildman–Crippen MR) is 77.6 cm³/mol. The van der Waals surface area contributed by atoms with Crippen molar-refractivity contribution >= 4 is 0 Å². The molecule has 1 aromatic carbocycles. The lowest BCUT2D eigenvalue weighted by Crippen LogP contribution is -2.42. The zero-order chi connectivity index (χ0) is 13.1. The van der Waals surface area contributed by atoms with E-state index in [1.807, 2.05) is 0 Å². The molecule has 3 atom stereocenters. The standard InChI is InChI=1S/C16H26N2/c1-4-14-9-7-11-18(14)16(13(3)17)15-10-6-5-8-12(15)2/h5-6,8,10,13-14,16H,4,7,9,11,17H2,1-3H3. The maximum Gasteiger partial charge on any atom is 0.0501 e. The molecule has 0 aromatic heterocycles. The molecule has 0 saturated carbocycles. The van der Waals surface area contributed by atoms with Gasteiger partial charge in [-0.2, -0.15) is 0 Å². The summed E-state index contributed by atoms with van der Waals surface area (Å²) in [5.41, 5.74) is 9.07. The molecule has 100 valence electrons. The quantitative estimate of drug-likeness (QED) is 0.883. The largest absolute Gasteiger partial charge is 0.326 e. The van der Waals surface area contributed by atoms with Crippen LogP contribution < -0.4 is 5.73 Å². The predicted octanol–water partition coefficient (Wildman–Crippen LogP) is 3.26. The second-order valence-electron chi connectivity index (χ2n) is 5.60. The Morgan fingerprint density at radius 1 is 1.39 bits per heavy atom. The minimum atomic E-state index is 0.179. The number of hydrogen-bond donors (Lipinski definition) is 1. The van der Waals surface area contributed by atoms with Gasteiger partial charge in [0.1, 0.15) is 0 Å². The van der Waals surface area contributed by atoms with Gasteiger partial charge in [0.25, 0.3) is 0 Å². The van der Waals surface area contributed by atoms with E-state index in [0.29, 0.717) is 12.1 Å². The summed E-state index contributed by atoms with van der Waals surface area (Å²) in [5, 5.41) is 0. The van der Waals surface area contributed by atoms with Gasteiger partial charge < -0.3 is 5.73 Å². The average Bonchev–Trinajstić information content (AvgIpc) is 2.79. The summed E-state index contributed by atoms with van der Waals surface area (Å²) < 4.78 is 0. The summed E-state index contributed by atoms with van der Waals surface area (Å²) in [6.07, 6.45) is 3.87. The maximum atomic E-state index is 6.29. The molecule has 1 aliphatic rings. The molecule has 0 amide bonds. The third-order valence-electron chi connectivity index (χ3n) is 4.26. The Balaban J connectivity index is 2.31. The van der Waals surface area contributed by atoms with E-state index in [1.54, 1.807) is 0 Å². The van der Waals surface area contributed by atoms with E-state index < -0.39 is 0 Å². The average molecular weight is 246 g/mol. The highest BCUT2D eigenvalue weighted by atomic mass is 15.2. The zero-order valence-electron chi connectivity index (χ0n) is 11.9. The number of nitrogens with zero attached hydrogens (tertiary/aromatic N) is 1. The minimum absolute atomic E-state index is 0.179. The minimum Gasteiger partial charge on any atom is -0.326 e. The second-order valence-corrected chi connectivity index (χ2v) is 5.60. The molecule has 0 radical (unpaired) electrons. The van der Waals surface area contributed by atoms with E-state index in [9.17, 15) is 0 Å². The van der Waals surface area contributed by atoms with Gasteiger partial charge in [0.2, 0.25) is 0 Å². The van der Waals surface area contributed by atoms with Gasteiger partial charge in [-0.25, -0.2) is 0 Å². The van der Waals surface area contributed by atoms with Crippen LogP contribution in [0.1, 0.15) is 50.3 Å². The molecule has 1 fully saturated rings. The zero-order valence-corrected chi connectivity index (χ0v) is 11.9. The first kappa shape index (κ1) is 13.6. The van der Waals surface area contributed by atoms with E-state index in [4.69, 9.17) is 5.73 Å². The summed E-state index contributed by atoms with van der Waals surface area (Å²) in [5.74, 6) is 0. The molecular formula is C16H26N2. The Morgan fingerprint density at radius 3 is 2.72 bits per heavy atom. The molecule has 1 heterocycles. The lowest BCUT2D eigenvalue weighted by Gasteiger charge is -2.36. The fraction of sp³-hybridized carbons (Fsp3) is 0.625. The van der Waals surface area contributed by atoms with Gasteiger partial charge in [-0.05, 0) is 50.8 Å². The van der Waals surface area contributed by atoms with Crippen LogP contribution in [0.25, 0.3) is 0 Å². The molecule has 3 unspecified atom stereocenters. The van der Waals surface area contributed by atoms with E-state index in [0.717, 1.165) is 0 Å². The van der Waals surface area contributed by atoms with E-state index in [1.165, 1.54) is 36.9 Å². The van der Waals surface area contributed by atoms with Gasteiger partial charge in [0, 0.05) is 12.1 Å². The maximum absolute atomic E-state index is 6.29. The summed E-state index contributed by atoms with van der Waals surface area (Å²) in [6.45, 7) is 7.82. The highest BCUT2D eigenvalue weighted by molar-refractivity contribution is 5.30. The Bertz CT molecular complexity index is 386. The highest BCUT2D eigenvalue weighted by Crippen LogP contribution is 2.33. The van der Waals surface area contributed by atoms with Gasteiger partial charge in [0.15, 0.2) is 0 Å². The van der Waals surface area contributed by atoms with Crippen molar-refractivity contribution in [2.45, 2.75) is 58.2 Å². The highest BCUT2D eigenvalue weighted by Gasteiger charge is 2.32. The van der Waals surface area contributed by atoms with E-state index >= 15 is 0 Å². The van der Waals surface area contributed by atoms with Crippen molar-refractivity contribution in [3.8, 4) is 0 Å². The summed E-state index contributed by atoms with van der Waals surface area (Å²) >= 11 is 0. The number of aryl methyl sites for hydroxylation is 1. The van der Waals surface area contributed by atoms with Crippen LogP contribution in [0.5, 0.6) is 0 Å². The van der Waals surface area contributed by atoms with Gasteiger partial charge in [-0.15, -0.1) is 0 Å². The van der Waals surface area contributed by atoms with Crippen LogP contribution in [0.2, 0.25) is 0 Å². The SMILES string of the molecule is CCC1CCCN1C(c1ccccc1C)C(C)N. The molecule has 1 aromatic rings. The van der Waals surface area contributed by atoms with Gasteiger partial charge in [0.05, 0.1) is 6.04 Å². The number of benzene rings is 1. The monoisotopic (exact) mass is 246 g/mol. The van der Waals surface area contributed by atoms with Crippen molar-refractivity contribution in [3.63, 3.8) is 0 Å². The number of likely N-dealkylation sites (tertiary alicyclic amines) is 1. The number of nitrogens with two attached hydrogens (primary N) is 1. The lowest BCUT2D eigenvalue weighted by atomic mass is 9.94. The normalized spacial score (nSPS) is 24.1. The van der Waals surface area contributed by atoms with Crippen molar-refractivity contribution in [3.05, 3.63) is 35.4 Å². The molecule has 2 nitrogen and oxygen atoms in total. The second kappa shape index (κ2) is 5.85. The smallest absolute Gasteiger partial charge is 0.0501 e. The fourth-order valence-electron chi connectivity index (χ4n) is 3.35. The molecular weight excluding hydrogens is 220 g/mol. The Labute approximate surface area is 111 Å². The van der Waals surface area contributed by atoms with Crippen LogP contribution in [-0.2, 0) is 0 Å². The number of rotatable bonds is 4. The van der Waals surface area contributed by atoms with Crippen molar-refractivity contribution in [2.75, 3.05) is 6.54 Å². The molecule has 1 saturated heterocycles. The molecule has 0 bridgehead atoms. The molecule has 2 N–H and O–H groups in total. The molecule has 2 heteroatoms. The summed E-state index contributed by atoms with van der Waals surface area (Å²) in [7, 11) is 0. The van der Waals surface area contributed by atoms with Crippen LogP contribution in [0.3, 0.4) is 0 Å². The van der Waals surface area contributed by atoms with Crippen LogP contribution >= 0.6 is 0 Å². The first-order valence-electron chi connectivity index (χ1n) is 7.22. The van der Waals surface area contributed by atoms with Crippen molar-refractivity contribution in [1.82, 2.24) is 4.90 Å². The Hall–Kier alpha value is -0.860. The molecule has 2 rings (SSSR count). The van der Waals surface area contributed by atoms with Gasteiger partial charge in [-0.3, -0.25) is 4.90 Å². The molecule has 18 heavy (non-hydrogen) atoms. The third-order valence-corrected chi connectivity index (χ3v) is 4.26.